The van der Waals surface area contributed by atoms with E-state index in [1.807, 2.05) is 0 Å². The maximum absolute atomic E-state index is 12.9. The van der Waals surface area contributed by atoms with Crippen molar-refractivity contribution < 1.29 is 19.1 Å². The van der Waals surface area contributed by atoms with Crippen LogP contribution in [0.3, 0.4) is 0 Å². The monoisotopic (exact) mass is 427 g/mol. The number of halogens is 2. The number of likely N-dealkylation sites (tertiary alicyclic amines) is 1. The van der Waals surface area contributed by atoms with Crippen LogP contribution in [-0.4, -0.2) is 21.7 Å². The molecule has 1 unspecified atom stereocenters. The first-order valence-corrected chi connectivity index (χ1v) is 9.54. The Bertz CT molecular complexity index is 1110. The fourth-order valence-corrected chi connectivity index (χ4v) is 3.70. The van der Waals surface area contributed by atoms with Crippen LogP contribution in [0.2, 0.25) is 10.0 Å². The molecule has 0 radical (unpaired) electrons. The topological polar surface area (TPSA) is 70.8 Å². The largest absolute Gasteiger partial charge is 0.507 e. The predicted molar refractivity (Wildman–Crippen MR) is 109 cm³/mol. The normalized spacial score (nSPS) is 18.4. The number of Topliss-reactive ketones (excluding diaryl/α,β-unsaturated/α-hetero) is 1. The second-order valence-electron chi connectivity index (χ2n) is 6.55. The van der Waals surface area contributed by atoms with Crippen molar-refractivity contribution in [3.63, 3.8) is 0 Å². The van der Waals surface area contributed by atoms with Gasteiger partial charge in [-0.1, -0.05) is 59.6 Å². The summed E-state index contributed by atoms with van der Waals surface area (Å²) in [6.07, 6.45) is 1.49. The van der Waals surface area contributed by atoms with E-state index in [1.54, 1.807) is 60.7 Å². The molecular formula is C22H15Cl2NO4. The number of rotatable bonds is 4. The minimum Gasteiger partial charge on any atom is -0.507 e. The third-order valence-corrected chi connectivity index (χ3v) is 5.49. The van der Waals surface area contributed by atoms with Gasteiger partial charge >= 0.3 is 0 Å². The van der Waals surface area contributed by atoms with Gasteiger partial charge in [0.05, 0.1) is 34.5 Å². The molecule has 1 N–H and O–H groups in total. The molecule has 1 amide bonds. The standard InChI is InChI=1S/C22H15Cl2NO4/c23-16-9-8-14(11-17(16)24)19-18(20(26)13-5-2-1-3-6-13)21(27)22(28)25(19)12-15-7-4-10-29-15/h1-11,19,26H,12H2. The Morgan fingerprint density at radius 3 is 2.41 bits per heavy atom. The number of hydrogen-bond acceptors (Lipinski definition) is 4. The van der Waals surface area contributed by atoms with E-state index in [-0.39, 0.29) is 22.9 Å². The lowest BCUT2D eigenvalue weighted by Gasteiger charge is -2.24. The van der Waals surface area contributed by atoms with Crippen LogP contribution < -0.4 is 0 Å². The fourth-order valence-electron chi connectivity index (χ4n) is 3.39. The molecule has 146 valence electrons. The molecule has 1 atom stereocenters. The molecule has 1 fully saturated rings. The second kappa shape index (κ2) is 7.78. The summed E-state index contributed by atoms with van der Waals surface area (Å²) in [5.41, 5.74) is 0.988. The summed E-state index contributed by atoms with van der Waals surface area (Å²) in [5.74, 6) is -1.23. The molecule has 2 heterocycles. The Hall–Kier alpha value is -3.02. The number of amides is 1. The van der Waals surface area contributed by atoms with E-state index in [9.17, 15) is 14.7 Å². The maximum atomic E-state index is 12.9. The van der Waals surface area contributed by atoms with E-state index in [4.69, 9.17) is 27.6 Å². The SMILES string of the molecule is O=C1C(=O)N(Cc2ccco2)C(c2ccc(Cl)c(Cl)c2)C1=C(O)c1ccccc1. The smallest absolute Gasteiger partial charge is 0.296 e. The van der Waals surface area contributed by atoms with Gasteiger partial charge in [-0.2, -0.15) is 0 Å². The quantitative estimate of drug-likeness (QED) is 0.352. The summed E-state index contributed by atoms with van der Waals surface area (Å²) in [4.78, 5) is 27.1. The Morgan fingerprint density at radius 1 is 1.00 bits per heavy atom. The van der Waals surface area contributed by atoms with Crippen LogP contribution in [0.4, 0.5) is 0 Å². The summed E-state index contributed by atoms with van der Waals surface area (Å²) >= 11 is 12.2. The third kappa shape index (κ3) is 3.55. The summed E-state index contributed by atoms with van der Waals surface area (Å²) in [5, 5.41) is 11.5. The van der Waals surface area contributed by atoms with Crippen LogP contribution in [0.25, 0.3) is 5.76 Å². The highest BCUT2D eigenvalue weighted by molar-refractivity contribution is 6.46. The average Bonchev–Trinajstić information content (AvgIpc) is 3.33. The molecule has 3 aromatic rings. The molecule has 0 saturated carbocycles. The molecule has 7 heteroatoms. The lowest BCUT2D eigenvalue weighted by atomic mass is 9.95. The van der Waals surface area contributed by atoms with Gasteiger partial charge in [0.25, 0.3) is 11.7 Å². The van der Waals surface area contributed by atoms with E-state index in [1.165, 1.54) is 11.2 Å². The molecule has 4 rings (SSSR count). The molecule has 0 bridgehead atoms. The van der Waals surface area contributed by atoms with Crippen LogP contribution in [0.15, 0.2) is 76.9 Å². The zero-order chi connectivity index (χ0) is 20.5. The number of hydrogen-bond donors (Lipinski definition) is 1. The molecule has 2 aromatic carbocycles. The first-order valence-electron chi connectivity index (χ1n) is 8.78. The van der Waals surface area contributed by atoms with E-state index < -0.39 is 17.7 Å². The summed E-state index contributed by atoms with van der Waals surface area (Å²) in [6, 6.07) is 16.0. The number of carbonyl (C=O) groups excluding carboxylic acids is 2. The molecule has 1 aliphatic heterocycles. The molecule has 5 nitrogen and oxygen atoms in total. The highest BCUT2D eigenvalue weighted by Crippen LogP contribution is 2.41. The summed E-state index contributed by atoms with van der Waals surface area (Å²) in [7, 11) is 0. The number of nitrogens with zero attached hydrogens (tertiary/aromatic N) is 1. The van der Waals surface area contributed by atoms with Gasteiger partial charge in [-0.05, 0) is 29.8 Å². The average molecular weight is 428 g/mol. The van der Waals surface area contributed by atoms with Crippen molar-refractivity contribution in [2.75, 3.05) is 0 Å². The Morgan fingerprint density at radius 2 is 1.76 bits per heavy atom. The highest BCUT2D eigenvalue weighted by Gasteiger charge is 2.46. The number of benzene rings is 2. The number of carbonyl (C=O) groups is 2. The number of aliphatic hydroxyl groups excluding tert-OH is 1. The maximum Gasteiger partial charge on any atom is 0.296 e. The van der Waals surface area contributed by atoms with E-state index in [0.29, 0.717) is 21.9 Å². The van der Waals surface area contributed by atoms with Gasteiger partial charge in [-0.25, -0.2) is 0 Å². The van der Waals surface area contributed by atoms with Crippen molar-refractivity contribution in [3.05, 3.63) is 99.4 Å². The van der Waals surface area contributed by atoms with Gasteiger partial charge in [0.1, 0.15) is 11.5 Å². The van der Waals surface area contributed by atoms with Gasteiger partial charge < -0.3 is 14.4 Å². The summed E-state index contributed by atoms with van der Waals surface area (Å²) in [6.45, 7) is 0.0635. The van der Waals surface area contributed by atoms with Gasteiger partial charge in [-0.3, -0.25) is 9.59 Å². The van der Waals surface area contributed by atoms with Crippen molar-refractivity contribution in [1.29, 1.82) is 0 Å². The van der Waals surface area contributed by atoms with Gasteiger partial charge in [0.2, 0.25) is 0 Å². The zero-order valence-electron chi connectivity index (χ0n) is 15.0. The van der Waals surface area contributed by atoms with Gasteiger partial charge in [0, 0.05) is 5.56 Å². The Balaban J connectivity index is 1.89. The van der Waals surface area contributed by atoms with Crippen LogP contribution in [-0.2, 0) is 16.1 Å². The Kier molecular flexibility index (Phi) is 5.18. The third-order valence-electron chi connectivity index (χ3n) is 4.75. The van der Waals surface area contributed by atoms with Crippen LogP contribution in [0.1, 0.15) is 22.9 Å². The number of aliphatic hydroxyl groups is 1. The molecule has 1 aliphatic rings. The minimum atomic E-state index is -0.838. The molecule has 0 spiro atoms. The first-order chi connectivity index (χ1) is 14.0. The zero-order valence-corrected chi connectivity index (χ0v) is 16.5. The number of ketones is 1. The van der Waals surface area contributed by atoms with Crippen LogP contribution in [0.5, 0.6) is 0 Å². The van der Waals surface area contributed by atoms with Crippen molar-refractivity contribution in [2.24, 2.45) is 0 Å². The van der Waals surface area contributed by atoms with Crippen LogP contribution in [0, 0.1) is 0 Å². The minimum absolute atomic E-state index is 0.00820. The van der Waals surface area contributed by atoms with E-state index >= 15 is 0 Å². The lowest BCUT2D eigenvalue weighted by Crippen LogP contribution is -2.29. The predicted octanol–water partition coefficient (Wildman–Crippen LogP) is 5.21. The Labute approximate surface area is 176 Å². The van der Waals surface area contributed by atoms with E-state index in [2.05, 4.69) is 0 Å². The molecule has 1 aromatic heterocycles. The summed E-state index contributed by atoms with van der Waals surface area (Å²) < 4.78 is 5.36. The molecule has 29 heavy (non-hydrogen) atoms. The fraction of sp³-hybridized carbons (Fsp3) is 0.0909. The highest BCUT2D eigenvalue weighted by atomic mass is 35.5. The van der Waals surface area contributed by atoms with Gasteiger partial charge in [-0.15, -0.1) is 0 Å². The molecule has 1 saturated heterocycles. The van der Waals surface area contributed by atoms with Crippen LogP contribution >= 0.6 is 23.2 Å². The number of furan rings is 1. The van der Waals surface area contributed by atoms with Crippen molar-refractivity contribution in [3.8, 4) is 0 Å². The lowest BCUT2D eigenvalue weighted by molar-refractivity contribution is -0.140. The molecule has 0 aliphatic carbocycles. The van der Waals surface area contributed by atoms with E-state index in [0.717, 1.165) is 0 Å². The van der Waals surface area contributed by atoms with Crippen molar-refractivity contribution >= 4 is 40.7 Å². The first kappa shape index (κ1) is 19.3. The molecular weight excluding hydrogens is 413 g/mol. The second-order valence-corrected chi connectivity index (χ2v) is 7.36. The van der Waals surface area contributed by atoms with Crippen molar-refractivity contribution in [2.45, 2.75) is 12.6 Å². The van der Waals surface area contributed by atoms with Gasteiger partial charge in [0.15, 0.2) is 0 Å². The van der Waals surface area contributed by atoms with Crippen molar-refractivity contribution in [1.82, 2.24) is 4.90 Å².